The van der Waals surface area contributed by atoms with Crippen LogP contribution in [0.3, 0.4) is 0 Å². The highest BCUT2D eigenvalue weighted by Gasteiger charge is 2.30. The minimum Gasteiger partial charge on any atom is -0.497 e. The molecule has 0 radical (unpaired) electrons. The van der Waals surface area contributed by atoms with Crippen molar-refractivity contribution in [2.45, 2.75) is 51.6 Å². The molecule has 1 aromatic carbocycles. The Labute approximate surface area is 129 Å². The van der Waals surface area contributed by atoms with Crippen molar-refractivity contribution in [1.82, 2.24) is 10.2 Å². The molecule has 1 saturated carbocycles. The van der Waals surface area contributed by atoms with Gasteiger partial charge in [0.15, 0.2) is 0 Å². The third-order valence-corrected chi connectivity index (χ3v) is 4.15. The second-order valence-corrected chi connectivity index (χ2v) is 6.01. The maximum Gasteiger partial charge on any atom is 0.118 e. The first-order valence-corrected chi connectivity index (χ1v) is 8.39. The molecule has 21 heavy (non-hydrogen) atoms. The summed E-state index contributed by atoms with van der Waals surface area (Å²) in [7, 11) is 1.72. The zero-order valence-electron chi connectivity index (χ0n) is 13.8. The fourth-order valence-electron chi connectivity index (χ4n) is 2.83. The van der Waals surface area contributed by atoms with E-state index in [9.17, 15) is 0 Å². The summed E-state index contributed by atoms with van der Waals surface area (Å²) in [4.78, 5) is 2.66. The number of ether oxygens (including phenoxy) is 1. The fraction of sp³-hybridized carbons (Fsp3) is 0.667. The minimum absolute atomic E-state index is 0.419. The van der Waals surface area contributed by atoms with Crippen molar-refractivity contribution in [3.63, 3.8) is 0 Å². The molecule has 2 rings (SSSR count). The van der Waals surface area contributed by atoms with Crippen LogP contribution in [0.5, 0.6) is 5.75 Å². The Kier molecular flexibility index (Phi) is 6.52. The number of nitrogens with one attached hydrogen (secondary N) is 1. The molecule has 1 atom stereocenters. The molecule has 1 unspecified atom stereocenters. The smallest absolute Gasteiger partial charge is 0.118 e. The maximum absolute atomic E-state index is 5.27. The monoisotopic (exact) mass is 290 g/mol. The molecule has 0 spiro atoms. The summed E-state index contributed by atoms with van der Waals surface area (Å²) >= 11 is 0. The lowest BCUT2D eigenvalue weighted by Gasteiger charge is -2.28. The van der Waals surface area contributed by atoms with Crippen molar-refractivity contribution >= 4 is 0 Å². The van der Waals surface area contributed by atoms with Gasteiger partial charge in [-0.3, -0.25) is 4.90 Å². The van der Waals surface area contributed by atoms with Gasteiger partial charge in [0, 0.05) is 18.6 Å². The van der Waals surface area contributed by atoms with Crippen LogP contribution in [0.1, 0.15) is 51.1 Å². The van der Waals surface area contributed by atoms with E-state index in [1.54, 1.807) is 7.11 Å². The van der Waals surface area contributed by atoms with Crippen LogP contribution < -0.4 is 10.1 Å². The van der Waals surface area contributed by atoms with Gasteiger partial charge in [-0.1, -0.05) is 26.0 Å². The van der Waals surface area contributed by atoms with Crippen LogP contribution in [0, 0.1) is 0 Å². The second kappa shape index (κ2) is 8.40. The molecule has 1 N–H and O–H groups in total. The van der Waals surface area contributed by atoms with Gasteiger partial charge in [-0.15, -0.1) is 0 Å². The standard InChI is InChI=1S/C18H30N2O/c1-4-12-19-18(14-20(13-5-2)16-8-9-16)15-6-10-17(21-3)11-7-15/h6-7,10-11,16,18-19H,4-5,8-9,12-14H2,1-3H3. The summed E-state index contributed by atoms with van der Waals surface area (Å²) < 4.78 is 5.27. The highest BCUT2D eigenvalue weighted by Crippen LogP contribution is 2.29. The first-order valence-electron chi connectivity index (χ1n) is 8.39. The van der Waals surface area contributed by atoms with Gasteiger partial charge in [0.2, 0.25) is 0 Å². The van der Waals surface area contributed by atoms with Crippen LogP contribution in [-0.4, -0.2) is 37.7 Å². The molecule has 3 heteroatoms. The van der Waals surface area contributed by atoms with Crippen molar-refractivity contribution < 1.29 is 4.74 Å². The van der Waals surface area contributed by atoms with E-state index in [4.69, 9.17) is 4.74 Å². The summed E-state index contributed by atoms with van der Waals surface area (Å²) in [5.41, 5.74) is 1.37. The van der Waals surface area contributed by atoms with E-state index in [1.165, 1.54) is 37.8 Å². The Hall–Kier alpha value is -1.06. The molecule has 118 valence electrons. The van der Waals surface area contributed by atoms with Crippen molar-refractivity contribution in [3.05, 3.63) is 29.8 Å². The van der Waals surface area contributed by atoms with Gasteiger partial charge >= 0.3 is 0 Å². The first-order chi connectivity index (χ1) is 10.3. The predicted molar refractivity (Wildman–Crippen MR) is 88.9 cm³/mol. The summed E-state index contributed by atoms with van der Waals surface area (Å²) in [5.74, 6) is 0.931. The van der Waals surface area contributed by atoms with E-state index in [2.05, 4.69) is 48.3 Å². The van der Waals surface area contributed by atoms with Gasteiger partial charge < -0.3 is 10.1 Å². The molecule has 1 fully saturated rings. The highest BCUT2D eigenvalue weighted by atomic mass is 16.5. The summed E-state index contributed by atoms with van der Waals surface area (Å²) in [6.07, 6.45) is 5.16. The molecule has 0 aliphatic heterocycles. The van der Waals surface area contributed by atoms with Gasteiger partial charge in [0.1, 0.15) is 5.75 Å². The summed E-state index contributed by atoms with van der Waals surface area (Å²) in [6.45, 7) is 7.90. The van der Waals surface area contributed by atoms with Crippen LogP contribution >= 0.6 is 0 Å². The van der Waals surface area contributed by atoms with Gasteiger partial charge in [-0.25, -0.2) is 0 Å². The van der Waals surface area contributed by atoms with E-state index in [-0.39, 0.29) is 0 Å². The van der Waals surface area contributed by atoms with Gasteiger partial charge in [0.05, 0.1) is 7.11 Å². The Morgan fingerprint density at radius 2 is 1.90 bits per heavy atom. The number of methoxy groups -OCH3 is 1. The molecule has 0 bridgehead atoms. The summed E-state index contributed by atoms with van der Waals surface area (Å²) in [5, 5.41) is 3.71. The normalized spacial score (nSPS) is 16.2. The van der Waals surface area contributed by atoms with E-state index in [0.717, 1.165) is 24.9 Å². The Balaban J connectivity index is 2.04. The molecule has 3 nitrogen and oxygen atoms in total. The SMILES string of the molecule is CCCNC(CN(CCC)C1CC1)c1ccc(OC)cc1. The molecule has 0 saturated heterocycles. The molecule has 1 aromatic rings. The Morgan fingerprint density at radius 3 is 2.43 bits per heavy atom. The van der Waals surface area contributed by atoms with Crippen LogP contribution in [0.25, 0.3) is 0 Å². The minimum atomic E-state index is 0.419. The molecule has 0 amide bonds. The van der Waals surface area contributed by atoms with Crippen LogP contribution in [0.15, 0.2) is 24.3 Å². The van der Waals surface area contributed by atoms with Crippen molar-refractivity contribution in [1.29, 1.82) is 0 Å². The van der Waals surface area contributed by atoms with E-state index < -0.39 is 0 Å². The van der Waals surface area contributed by atoms with Gasteiger partial charge in [-0.05, 0) is 56.5 Å². The van der Waals surface area contributed by atoms with Gasteiger partial charge in [0.25, 0.3) is 0 Å². The Morgan fingerprint density at radius 1 is 1.19 bits per heavy atom. The molecule has 1 aliphatic rings. The van der Waals surface area contributed by atoms with E-state index in [0.29, 0.717) is 6.04 Å². The lowest BCUT2D eigenvalue weighted by molar-refractivity contribution is 0.233. The third kappa shape index (κ3) is 5.01. The number of hydrogen-bond donors (Lipinski definition) is 1. The molecular weight excluding hydrogens is 260 g/mol. The van der Waals surface area contributed by atoms with E-state index >= 15 is 0 Å². The van der Waals surface area contributed by atoms with Gasteiger partial charge in [-0.2, -0.15) is 0 Å². The first kappa shape index (κ1) is 16.3. The second-order valence-electron chi connectivity index (χ2n) is 6.01. The lowest BCUT2D eigenvalue weighted by atomic mass is 10.1. The fourth-order valence-corrected chi connectivity index (χ4v) is 2.83. The average Bonchev–Trinajstić information content (AvgIpc) is 3.35. The van der Waals surface area contributed by atoms with E-state index in [1.807, 2.05) is 0 Å². The van der Waals surface area contributed by atoms with Crippen molar-refractivity contribution in [2.24, 2.45) is 0 Å². The van der Waals surface area contributed by atoms with Crippen LogP contribution in [0.4, 0.5) is 0 Å². The molecule has 1 aliphatic carbocycles. The van der Waals surface area contributed by atoms with Crippen LogP contribution in [-0.2, 0) is 0 Å². The Bertz CT molecular complexity index is 400. The zero-order chi connectivity index (χ0) is 15.1. The number of benzene rings is 1. The molecule has 0 aromatic heterocycles. The van der Waals surface area contributed by atoms with Crippen molar-refractivity contribution in [2.75, 3.05) is 26.7 Å². The number of hydrogen-bond acceptors (Lipinski definition) is 3. The topological polar surface area (TPSA) is 24.5 Å². The largest absolute Gasteiger partial charge is 0.497 e. The number of nitrogens with zero attached hydrogens (tertiary/aromatic N) is 1. The molecule has 0 heterocycles. The lowest BCUT2D eigenvalue weighted by Crippen LogP contribution is -2.37. The highest BCUT2D eigenvalue weighted by molar-refractivity contribution is 5.29. The maximum atomic E-state index is 5.27. The third-order valence-electron chi connectivity index (χ3n) is 4.15. The quantitative estimate of drug-likeness (QED) is 0.712. The predicted octanol–water partition coefficient (Wildman–Crippen LogP) is 3.61. The summed E-state index contributed by atoms with van der Waals surface area (Å²) in [6, 6.07) is 9.78. The zero-order valence-corrected chi connectivity index (χ0v) is 13.8. The number of rotatable bonds is 10. The van der Waals surface area contributed by atoms with Crippen molar-refractivity contribution in [3.8, 4) is 5.75 Å². The van der Waals surface area contributed by atoms with Crippen LogP contribution in [0.2, 0.25) is 0 Å². The molecular formula is C18H30N2O. The average molecular weight is 290 g/mol.